The minimum Gasteiger partial charge on any atom is -0.381 e. The van der Waals surface area contributed by atoms with E-state index in [4.69, 9.17) is 5.26 Å². The van der Waals surface area contributed by atoms with Crippen molar-refractivity contribution in [1.82, 2.24) is 9.78 Å². The number of benzene rings is 1. The van der Waals surface area contributed by atoms with Crippen molar-refractivity contribution >= 4 is 5.69 Å². The van der Waals surface area contributed by atoms with Gasteiger partial charge in [0, 0.05) is 31.0 Å². The molecule has 0 fully saturated rings. The van der Waals surface area contributed by atoms with Gasteiger partial charge in [-0.3, -0.25) is 4.68 Å². The van der Waals surface area contributed by atoms with Crippen LogP contribution in [0.5, 0.6) is 0 Å². The third-order valence-electron chi connectivity index (χ3n) is 3.04. The van der Waals surface area contributed by atoms with Gasteiger partial charge >= 0.3 is 6.18 Å². The molecule has 0 bridgehead atoms. The summed E-state index contributed by atoms with van der Waals surface area (Å²) in [6.45, 7) is 2.28. The number of rotatable bonds is 3. The summed E-state index contributed by atoms with van der Waals surface area (Å²) in [6, 6.07) is 5.01. The van der Waals surface area contributed by atoms with Gasteiger partial charge in [0.25, 0.3) is 0 Å². The van der Waals surface area contributed by atoms with E-state index in [1.54, 1.807) is 17.8 Å². The molecule has 7 heteroatoms. The van der Waals surface area contributed by atoms with E-state index in [0.717, 1.165) is 17.3 Å². The molecule has 1 aromatic heterocycles. The monoisotopic (exact) mass is 294 g/mol. The zero-order chi connectivity index (χ0) is 15.6. The van der Waals surface area contributed by atoms with Crippen molar-refractivity contribution < 1.29 is 13.2 Å². The predicted octanol–water partition coefficient (Wildman–Crippen LogP) is 3.23. The highest BCUT2D eigenvalue weighted by atomic mass is 19.4. The van der Waals surface area contributed by atoms with Crippen molar-refractivity contribution in [2.24, 2.45) is 7.05 Å². The molecule has 2 rings (SSSR count). The van der Waals surface area contributed by atoms with Crippen molar-refractivity contribution in [1.29, 1.82) is 5.26 Å². The van der Waals surface area contributed by atoms with Gasteiger partial charge < -0.3 is 5.32 Å². The molecule has 0 atom stereocenters. The maximum Gasteiger partial charge on any atom is 0.417 e. The summed E-state index contributed by atoms with van der Waals surface area (Å²) < 4.78 is 39.7. The number of nitrogens with one attached hydrogen (secondary N) is 1. The van der Waals surface area contributed by atoms with E-state index in [0.29, 0.717) is 12.2 Å². The Labute approximate surface area is 119 Å². The Balaban J connectivity index is 2.19. The first kappa shape index (κ1) is 14.9. The molecule has 21 heavy (non-hydrogen) atoms. The molecule has 0 saturated heterocycles. The number of halogens is 3. The minimum atomic E-state index is -4.52. The lowest BCUT2D eigenvalue weighted by Crippen LogP contribution is -2.08. The zero-order valence-corrected chi connectivity index (χ0v) is 11.5. The van der Waals surface area contributed by atoms with Gasteiger partial charge in [-0.1, -0.05) is 0 Å². The van der Waals surface area contributed by atoms with E-state index in [1.807, 2.05) is 13.1 Å². The highest BCUT2D eigenvalue weighted by Gasteiger charge is 2.33. The van der Waals surface area contributed by atoms with E-state index in [1.165, 1.54) is 12.1 Å². The third-order valence-corrected chi connectivity index (χ3v) is 3.04. The fourth-order valence-electron chi connectivity index (χ4n) is 2.01. The van der Waals surface area contributed by atoms with Crippen LogP contribution in [0.1, 0.15) is 22.4 Å². The Bertz CT molecular complexity index is 695. The zero-order valence-electron chi connectivity index (χ0n) is 11.5. The molecule has 110 valence electrons. The number of anilines is 1. The van der Waals surface area contributed by atoms with Gasteiger partial charge in [-0.2, -0.15) is 23.5 Å². The fraction of sp³-hybridized carbons (Fsp3) is 0.286. The Morgan fingerprint density at radius 2 is 2.10 bits per heavy atom. The molecule has 0 aliphatic heterocycles. The molecule has 0 radical (unpaired) electrons. The van der Waals surface area contributed by atoms with Gasteiger partial charge in [0.1, 0.15) is 0 Å². The number of aryl methyl sites for hydroxylation is 2. The first-order valence-corrected chi connectivity index (χ1v) is 6.15. The molecular weight excluding hydrogens is 281 g/mol. The van der Waals surface area contributed by atoms with Crippen LogP contribution in [-0.2, 0) is 19.8 Å². The number of aromatic nitrogens is 2. The molecular formula is C14H13F3N4. The van der Waals surface area contributed by atoms with E-state index >= 15 is 0 Å². The summed E-state index contributed by atoms with van der Waals surface area (Å²) in [7, 11) is 1.79. The van der Waals surface area contributed by atoms with Crippen molar-refractivity contribution in [3.05, 3.63) is 46.8 Å². The van der Waals surface area contributed by atoms with Gasteiger partial charge in [0.2, 0.25) is 0 Å². The number of alkyl halides is 3. The molecule has 0 spiro atoms. The lowest BCUT2D eigenvalue weighted by atomic mass is 10.1. The van der Waals surface area contributed by atoms with Crippen molar-refractivity contribution in [3.8, 4) is 6.07 Å². The molecule has 0 saturated carbocycles. The number of nitriles is 1. The van der Waals surface area contributed by atoms with Gasteiger partial charge in [-0.15, -0.1) is 0 Å². The molecule has 4 nitrogen and oxygen atoms in total. The largest absolute Gasteiger partial charge is 0.417 e. The van der Waals surface area contributed by atoms with Crippen LogP contribution in [0.4, 0.5) is 18.9 Å². The van der Waals surface area contributed by atoms with E-state index in [2.05, 4.69) is 10.4 Å². The van der Waals surface area contributed by atoms with Crippen molar-refractivity contribution in [3.63, 3.8) is 0 Å². The summed E-state index contributed by atoms with van der Waals surface area (Å²) in [6.07, 6.45) is -2.69. The fourth-order valence-corrected chi connectivity index (χ4v) is 2.01. The smallest absolute Gasteiger partial charge is 0.381 e. The highest BCUT2D eigenvalue weighted by molar-refractivity contribution is 5.53. The number of hydrogen-bond donors (Lipinski definition) is 1. The highest BCUT2D eigenvalue weighted by Crippen LogP contribution is 2.33. The third kappa shape index (κ3) is 3.34. The summed E-state index contributed by atoms with van der Waals surface area (Å²) in [5.74, 6) is 0. The molecule has 1 N–H and O–H groups in total. The van der Waals surface area contributed by atoms with Gasteiger partial charge in [0.15, 0.2) is 0 Å². The van der Waals surface area contributed by atoms with Gasteiger partial charge in [-0.05, 0) is 25.1 Å². The molecule has 0 aliphatic rings. The Morgan fingerprint density at radius 1 is 1.38 bits per heavy atom. The minimum absolute atomic E-state index is 0.393. The van der Waals surface area contributed by atoms with Crippen LogP contribution < -0.4 is 5.32 Å². The topological polar surface area (TPSA) is 53.6 Å². The van der Waals surface area contributed by atoms with Crippen LogP contribution in [0.15, 0.2) is 24.4 Å². The van der Waals surface area contributed by atoms with Gasteiger partial charge in [0.05, 0.1) is 22.9 Å². The second kappa shape index (κ2) is 5.48. The Morgan fingerprint density at radius 3 is 2.62 bits per heavy atom. The predicted molar refractivity (Wildman–Crippen MR) is 71.4 cm³/mol. The Hall–Kier alpha value is -2.49. The summed E-state index contributed by atoms with van der Waals surface area (Å²) in [5, 5.41) is 16.0. The lowest BCUT2D eigenvalue weighted by Gasteiger charge is -2.11. The van der Waals surface area contributed by atoms with Crippen LogP contribution in [0.2, 0.25) is 0 Å². The van der Waals surface area contributed by atoms with Gasteiger partial charge in [-0.25, -0.2) is 0 Å². The summed E-state index contributed by atoms with van der Waals surface area (Å²) in [4.78, 5) is 0. The molecule has 1 heterocycles. The molecule has 0 aliphatic carbocycles. The van der Waals surface area contributed by atoms with Crippen LogP contribution in [-0.4, -0.2) is 9.78 Å². The standard InChI is InChI=1S/C14H13F3N4/c1-9-11(8-21(2)20-9)7-19-12-3-4-13(14(15,16)17)10(5-12)6-18/h3-5,8,19H,7H2,1-2H3. The normalized spacial score (nSPS) is 11.2. The molecule has 1 aromatic carbocycles. The van der Waals surface area contributed by atoms with Crippen molar-refractivity contribution in [2.45, 2.75) is 19.6 Å². The quantitative estimate of drug-likeness (QED) is 0.945. The number of nitrogens with zero attached hydrogens (tertiary/aromatic N) is 3. The van der Waals surface area contributed by atoms with Crippen LogP contribution >= 0.6 is 0 Å². The molecule has 0 amide bonds. The number of hydrogen-bond acceptors (Lipinski definition) is 3. The second-order valence-electron chi connectivity index (χ2n) is 4.64. The SMILES string of the molecule is Cc1nn(C)cc1CNc1ccc(C(F)(F)F)c(C#N)c1. The average Bonchev–Trinajstić information content (AvgIpc) is 2.73. The lowest BCUT2D eigenvalue weighted by molar-refractivity contribution is -0.137. The first-order valence-electron chi connectivity index (χ1n) is 6.15. The molecule has 0 unspecified atom stereocenters. The maximum absolute atomic E-state index is 12.7. The maximum atomic E-state index is 12.7. The summed E-state index contributed by atoms with van der Waals surface area (Å²) in [5.41, 5.74) is 0.930. The average molecular weight is 294 g/mol. The first-order chi connectivity index (χ1) is 9.81. The van der Waals surface area contributed by atoms with E-state index in [9.17, 15) is 13.2 Å². The van der Waals surface area contributed by atoms with E-state index < -0.39 is 17.3 Å². The van der Waals surface area contributed by atoms with Crippen LogP contribution in [0.25, 0.3) is 0 Å². The van der Waals surface area contributed by atoms with Crippen LogP contribution in [0.3, 0.4) is 0 Å². The van der Waals surface area contributed by atoms with Crippen molar-refractivity contribution in [2.75, 3.05) is 5.32 Å². The Kier molecular flexibility index (Phi) is 3.89. The summed E-state index contributed by atoms with van der Waals surface area (Å²) >= 11 is 0. The molecule has 2 aromatic rings. The van der Waals surface area contributed by atoms with E-state index in [-0.39, 0.29) is 0 Å². The van der Waals surface area contributed by atoms with Crippen LogP contribution in [0, 0.1) is 18.3 Å². The second-order valence-corrected chi connectivity index (χ2v) is 4.64.